The van der Waals surface area contributed by atoms with Gasteiger partial charge in [0.05, 0.1) is 11.0 Å². The van der Waals surface area contributed by atoms with E-state index >= 15 is 0 Å². The van der Waals surface area contributed by atoms with Gasteiger partial charge in [0.1, 0.15) is 5.82 Å². The Morgan fingerprint density at radius 3 is 3.00 bits per heavy atom. The molecule has 0 aliphatic heterocycles. The van der Waals surface area contributed by atoms with Crippen molar-refractivity contribution in [1.29, 1.82) is 0 Å². The zero-order chi connectivity index (χ0) is 10.8. The van der Waals surface area contributed by atoms with Crippen LogP contribution in [0, 0.1) is 6.92 Å². The fourth-order valence-electron chi connectivity index (χ4n) is 1.75. The topological polar surface area (TPSA) is 66.6 Å². The van der Waals surface area contributed by atoms with Gasteiger partial charge in [-0.2, -0.15) is 0 Å². The van der Waals surface area contributed by atoms with Crippen LogP contribution in [-0.4, -0.2) is 9.55 Å². The number of hydrogen-bond donors (Lipinski definition) is 0. The Labute approximate surface area is 87.0 Å². The third-order valence-electron chi connectivity index (χ3n) is 2.40. The Hall–Kier alpha value is -2.00. The predicted molar refractivity (Wildman–Crippen MR) is 59.0 cm³/mol. The van der Waals surface area contributed by atoms with Crippen LogP contribution >= 0.6 is 0 Å². The summed E-state index contributed by atoms with van der Waals surface area (Å²) >= 11 is 0. The van der Waals surface area contributed by atoms with E-state index in [4.69, 9.17) is 5.53 Å². The summed E-state index contributed by atoms with van der Waals surface area (Å²) in [6.45, 7) is 4.94. The van der Waals surface area contributed by atoms with Crippen molar-refractivity contribution in [3.63, 3.8) is 0 Å². The van der Waals surface area contributed by atoms with E-state index in [2.05, 4.69) is 26.5 Å². The molecule has 2 aromatic rings. The predicted octanol–water partition coefficient (Wildman–Crippen LogP) is 3.31. The van der Waals surface area contributed by atoms with E-state index in [0.29, 0.717) is 5.69 Å². The van der Waals surface area contributed by atoms with Crippen LogP contribution in [0.4, 0.5) is 5.69 Å². The summed E-state index contributed by atoms with van der Waals surface area (Å²) < 4.78 is 2.12. The minimum atomic E-state index is 0.603. The van der Waals surface area contributed by atoms with Gasteiger partial charge >= 0.3 is 0 Å². The van der Waals surface area contributed by atoms with Crippen LogP contribution in [0.3, 0.4) is 0 Å². The first kappa shape index (κ1) is 9.55. The average Bonchev–Trinajstić information content (AvgIpc) is 2.53. The van der Waals surface area contributed by atoms with Crippen LogP contribution in [0.15, 0.2) is 23.3 Å². The van der Waals surface area contributed by atoms with Crippen molar-refractivity contribution < 1.29 is 0 Å². The third kappa shape index (κ3) is 1.53. The normalized spacial score (nSPS) is 10.3. The molecule has 0 fully saturated rings. The highest BCUT2D eigenvalue weighted by Gasteiger charge is 2.05. The monoisotopic (exact) mass is 201 g/mol. The van der Waals surface area contributed by atoms with Gasteiger partial charge in [0, 0.05) is 17.1 Å². The second-order valence-corrected chi connectivity index (χ2v) is 3.27. The molecule has 0 saturated heterocycles. The van der Waals surface area contributed by atoms with Gasteiger partial charge in [-0.3, -0.25) is 0 Å². The fourth-order valence-corrected chi connectivity index (χ4v) is 1.75. The van der Waals surface area contributed by atoms with Crippen molar-refractivity contribution >= 4 is 16.7 Å². The molecule has 0 aliphatic rings. The quantitative estimate of drug-likeness (QED) is 0.417. The first-order chi connectivity index (χ1) is 7.26. The van der Waals surface area contributed by atoms with E-state index in [1.165, 1.54) is 0 Å². The van der Waals surface area contributed by atoms with Crippen LogP contribution in [-0.2, 0) is 6.54 Å². The molecule has 0 N–H and O–H groups in total. The molecule has 1 aromatic heterocycles. The highest BCUT2D eigenvalue weighted by atomic mass is 15.1. The molecule has 0 bridgehead atoms. The van der Waals surface area contributed by atoms with E-state index in [1.807, 2.05) is 13.0 Å². The van der Waals surface area contributed by atoms with Crippen LogP contribution < -0.4 is 0 Å². The lowest BCUT2D eigenvalue weighted by atomic mass is 10.3. The number of imidazole rings is 1. The summed E-state index contributed by atoms with van der Waals surface area (Å²) in [6.07, 6.45) is 0. The van der Waals surface area contributed by atoms with Crippen molar-refractivity contribution in [2.24, 2.45) is 5.11 Å². The number of fused-ring (bicyclic) bond motifs is 1. The minimum absolute atomic E-state index is 0.603. The number of nitrogens with zero attached hydrogens (tertiary/aromatic N) is 5. The molecule has 1 aromatic carbocycles. The van der Waals surface area contributed by atoms with Gasteiger partial charge in [0.25, 0.3) is 0 Å². The number of aryl methyl sites for hydroxylation is 2. The van der Waals surface area contributed by atoms with Crippen molar-refractivity contribution in [2.45, 2.75) is 20.4 Å². The molecule has 0 radical (unpaired) electrons. The molecule has 76 valence electrons. The number of aromatic nitrogens is 2. The largest absolute Gasteiger partial charge is 0.329 e. The molecule has 15 heavy (non-hydrogen) atoms. The van der Waals surface area contributed by atoms with E-state index < -0.39 is 0 Å². The van der Waals surface area contributed by atoms with Gasteiger partial charge in [-0.05, 0) is 31.5 Å². The SMILES string of the molecule is CCn1c(C)nc2cc(N=[N+]=[N-])ccc21. The molecule has 0 unspecified atom stereocenters. The molecular weight excluding hydrogens is 190 g/mol. The molecule has 2 rings (SSSR count). The van der Waals surface area contributed by atoms with Crippen LogP contribution in [0.25, 0.3) is 21.5 Å². The highest BCUT2D eigenvalue weighted by molar-refractivity contribution is 5.79. The Balaban J connectivity index is 2.69. The first-order valence-electron chi connectivity index (χ1n) is 4.78. The Morgan fingerprint density at radius 1 is 1.53 bits per heavy atom. The first-order valence-corrected chi connectivity index (χ1v) is 4.78. The second kappa shape index (κ2) is 3.63. The van der Waals surface area contributed by atoms with E-state index in [0.717, 1.165) is 23.4 Å². The number of azide groups is 1. The van der Waals surface area contributed by atoms with Gasteiger partial charge in [-0.15, -0.1) is 0 Å². The smallest absolute Gasteiger partial charge is 0.106 e. The fraction of sp³-hybridized carbons (Fsp3) is 0.300. The minimum Gasteiger partial charge on any atom is -0.329 e. The zero-order valence-corrected chi connectivity index (χ0v) is 8.68. The zero-order valence-electron chi connectivity index (χ0n) is 8.68. The van der Waals surface area contributed by atoms with Crippen LogP contribution in [0.5, 0.6) is 0 Å². The molecule has 0 atom stereocenters. The van der Waals surface area contributed by atoms with Crippen molar-refractivity contribution in [3.8, 4) is 0 Å². The maximum absolute atomic E-state index is 8.33. The lowest BCUT2D eigenvalue weighted by molar-refractivity contribution is 0.753. The number of rotatable bonds is 2. The van der Waals surface area contributed by atoms with E-state index in [1.54, 1.807) is 12.1 Å². The number of benzene rings is 1. The summed E-state index contributed by atoms with van der Waals surface area (Å²) in [5.41, 5.74) is 10.9. The summed E-state index contributed by atoms with van der Waals surface area (Å²) in [7, 11) is 0. The summed E-state index contributed by atoms with van der Waals surface area (Å²) in [5, 5.41) is 3.55. The summed E-state index contributed by atoms with van der Waals surface area (Å²) in [5.74, 6) is 0.977. The Bertz CT molecular complexity index is 548. The van der Waals surface area contributed by atoms with Gasteiger partial charge in [-0.25, -0.2) is 4.98 Å². The molecule has 0 spiro atoms. The van der Waals surface area contributed by atoms with E-state index in [9.17, 15) is 0 Å². The van der Waals surface area contributed by atoms with Crippen molar-refractivity contribution in [2.75, 3.05) is 0 Å². The highest BCUT2D eigenvalue weighted by Crippen LogP contribution is 2.22. The van der Waals surface area contributed by atoms with Gasteiger partial charge in [0.2, 0.25) is 0 Å². The Kier molecular flexibility index (Phi) is 2.31. The number of hydrogen-bond acceptors (Lipinski definition) is 2. The van der Waals surface area contributed by atoms with Gasteiger partial charge in [-0.1, -0.05) is 11.2 Å². The lowest BCUT2D eigenvalue weighted by Gasteiger charge is -2.00. The molecule has 5 nitrogen and oxygen atoms in total. The van der Waals surface area contributed by atoms with Crippen LogP contribution in [0.1, 0.15) is 12.7 Å². The van der Waals surface area contributed by atoms with Crippen molar-refractivity contribution in [1.82, 2.24) is 9.55 Å². The molecular formula is C10H11N5. The summed E-state index contributed by atoms with van der Waals surface area (Å²) in [4.78, 5) is 7.16. The van der Waals surface area contributed by atoms with E-state index in [-0.39, 0.29) is 0 Å². The van der Waals surface area contributed by atoms with Crippen molar-refractivity contribution in [3.05, 3.63) is 34.5 Å². The van der Waals surface area contributed by atoms with Gasteiger partial charge < -0.3 is 4.57 Å². The maximum atomic E-state index is 8.33. The molecule has 1 heterocycles. The third-order valence-corrected chi connectivity index (χ3v) is 2.40. The standard InChI is InChI=1S/C10H11N5/c1-3-15-7(2)12-9-6-8(13-14-11)4-5-10(9)15/h4-6H,3H2,1-2H3. The molecule has 0 aliphatic carbocycles. The Morgan fingerprint density at radius 2 is 2.33 bits per heavy atom. The molecule has 5 heteroatoms. The summed E-state index contributed by atoms with van der Waals surface area (Å²) in [6, 6.07) is 5.53. The lowest BCUT2D eigenvalue weighted by Crippen LogP contribution is -1.95. The second-order valence-electron chi connectivity index (χ2n) is 3.27. The maximum Gasteiger partial charge on any atom is 0.106 e. The average molecular weight is 201 g/mol. The molecule has 0 amide bonds. The molecule has 0 saturated carbocycles. The van der Waals surface area contributed by atoms with Crippen LogP contribution in [0.2, 0.25) is 0 Å². The van der Waals surface area contributed by atoms with Gasteiger partial charge in [0.15, 0.2) is 0 Å².